The van der Waals surface area contributed by atoms with Crippen LogP contribution in [0.3, 0.4) is 0 Å². The first-order valence-corrected chi connectivity index (χ1v) is 7.74. The molecule has 0 aliphatic rings. The second kappa shape index (κ2) is 7.10. The Kier molecular flexibility index (Phi) is 4.70. The van der Waals surface area contributed by atoms with Crippen LogP contribution in [-0.4, -0.2) is 20.5 Å². The summed E-state index contributed by atoms with van der Waals surface area (Å²) in [6.45, 7) is 1.72. The zero-order chi connectivity index (χ0) is 18.7. The van der Waals surface area contributed by atoms with Crippen molar-refractivity contribution in [1.29, 1.82) is 0 Å². The monoisotopic (exact) mass is 351 g/mol. The van der Waals surface area contributed by atoms with Gasteiger partial charge in [0.25, 0.3) is 5.69 Å². The number of hydrogen-bond donors (Lipinski definition) is 0. The average molecular weight is 351 g/mol. The van der Waals surface area contributed by atoms with Crippen LogP contribution in [0.4, 0.5) is 10.1 Å². The third kappa shape index (κ3) is 3.41. The van der Waals surface area contributed by atoms with E-state index in [1.165, 1.54) is 41.2 Å². The van der Waals surface area contributed by atoms with E-state index < -0.39 is 4.92 Å². The lowest BCUT2D eigenvalue weighted by atomic mass is 10.1. The number of nitrogens with zero attached hydrogens (tertiary/aromatic N) is 3. The summed E-state index contributed by atoms with van der Waals surface area (Å²) < 4.78 is 14.6. The number of ketones is 1. The molecule has 1 aromatic heterocycles. The number of allylic oxidation sites excluding steroid dienone is 1. The van der Waals surface area contributed by atoms with Gasteiger partial charge in [0.1, 0.15) is 5.82 Å². The highest BCUT2D eigenvalue weighted by atomic mass is 19.1. The second-order valence-corrected chi connectivity index (χ2v) is 5.55. The van der Waals surface area contributed by atoms with Crippen LogP contribution in [-0.2, 0) is 0 Å². The molecule has 2 aromatic carbocycles. The minimum Gasteiger partial charge on any atom is -0.289 e. The van der Waals surface area contributed by atoms with Gasteiger partial charge in [-0.25, -0.2) is 9.07 Å². The fourth-order valence-corrected chi connectivity index (χ4v) is 2.54. The summed E-state index contributed by atoms with van der Waals surface area (Å²) in [7, 11) is 0. The number of carbonyl (C=O) groups excluding carboxylic acids is 1. The molecule has 0 spiro atoms. The number of nitro groups is 1. The van der Waals surface area contributed by atoms with Gasteiger partial charge in [0, 0.05) is 6.07 Å². The molecule has 6 nitrogen and oxygen atoms in total. The van der Waals surface area contributed by atoms with Crippen LogP contribution in [0.5, 0.6) is 0 Å². The number of halogens is 1. The molecule has 3 rings (SSSR count). The Hall–Kier alpha value is -3.61. The van der Waals surface area contributed by atoms with E-state index >= 15 is 0 Å². The summed E-state index contributed by atoms with van der Waals surface area (Å²) in [5.74, 6) is -0.684. The van der Waals surface area contributed by atoms with E-state index in [1.807, 2.05) is 0 Å². The average Bonchev–Trinajstić information content (AvgIpc) is 3.02. The molecule has 26 heavy (non-hydrogen) atoms. The summed E-state index contributed by atoms with van der Waals surface area (Å²) in [6.07, 6.45) is 4.11. The third-order valence-corrected chi connectivity index (χ3v) is 3.89. The van der Waals surface area contributed by atoms with Crippen molar-refractivity contribution in [3.63, 3.8) is 0 Å². The zero-order valence-corrected chi connectivity index (χ0v) is 13.8. The standard InChI is InChI=1S/C19H14FN3O3/c1-13-17(12-21-22(13)16-9-7-15(20)8-10-16)19(24)11-6-14-4-2-3-5-18(14)23(25)26/h2-12H,1H3/b11-6+. The maximum Gasteiger partial charge on any atom is 0.276 e. The molecule has 0 saturated carbocycles. The molecule has 7 heteroatoms. The van der Waals surface area contributed by atoms with Crippen LogP contribution in [0.2, 0.25) is 0 Å². The quantitative estimate of drug-likeness (QED) is 0.300. The Morgan fingerprint density at radius 2 is 1.88 bits per heavy atom. The van der Waals surface area contributed by atoms with Crippen molar-refractivity contribution in [2.45, 2.75) is 6.92 Å². The molecule has 0 bridgehead atoms. The predicted octanol–water partition coefficient (Wildman–Crippen LogP) is 4.12. The molecule has 0 atom stereocenters. The van der Waals surface area contributed by atoms with Gasteiger partial charge >= 0.3 is 0 Å². The molecular weight excluding hydrogens is 337 g/mol. The first-order chi connectivity index (χ1) is 12.5. The SMILES string of the molecule is Cc1c(C(=O)/C=C/c2ccccc2[N+](=O)[O-])cnn1-c1ccc(F)cc1. The second-order valence-electron chi connectivity index (χ2n) is 5.55. The lowest BCUT2D eigenvalue weighted by Crippen LogP contribution is -2.02. The Labute approximate surface area is 148 Å². The molecule has 0 saturated heterocycles. The van der Waals surface area contributed by atoms with Gasteiger partial charge in [0.05, 0.1) is 33.6 Å². The summed E-state index contributed by atoms with van der Waals surface area (Å²) in [4.78, 5) is 23.0. The van der Waals surface area contributed by atoms with E-state index in [-0.39, 0.29) is 17.3 Å². The van der Waals surface area contributed by atoms with Gasteiger partial charge in [-0.1, -0.05) is 12.1 Å². The Bertz CT molecular complexity index is 1010. The molecule has 3 aromatic rings. The fraction of sp³-hybridized carbons (Fsp3) is 0.0526. The van der Waals surface area contributed by atoms with Crippen LogP contribution < -0.4 is 0 Å². The molecule has 0 amide bonds. The summed E-state index contributed by atoms with van der Waals surface area (Å²) in [6, 6.07) is 11.9. The molecule has 0 aliphatic heterocycles. The van der Waals surface area contributed by atoms with Crippen LogP contribution in [0.25, 0.3) is 11.8 Å². The van der Waals surface area contributed by atoms with Crippen molar-refractivity contribution in [1.82, 2.24) is 9.78 Å². The van der Waals surface area contributed by atoms with Gasteiger partial charge in [-0.05, 0) is 49.4 Å². The molecule has 1 heterocycles. The number of carbonyl (C=O) groups is 1. The van der Waals surface area contributed by atoms with Gasteiger partial charge in [0.15, 0.2) is 5.78 Å². The molecular formula is C19H14FN3O3. The van der Waals surface area contributed by atoms with Crippen molar-refractivity contribution in [2.75, 3.05) is 0 Å². The van der Waals surface area contributed by atoms with Gasteiger partial charge in [-0.2, -0.15) is 5.10 Å². The summed E-state index contributed by atoms with van der Waals surface area (Å²) in [5, 5.41) is 15.2. The normalized spacial score (nSPS) is 11.0. The van der Waals surface area contributed by atoms with Gasteiger partial charge in [-0.3, -0.25) is 14.9 Å². The van der Waals surface area contributed by atoms with Gasteiger partial charge < -0.3 is 0 Å². The molecule has 0 N–H and O–H groups in total. The lowest BCUT2D eigenvalue weighted by molar-refractivity contribution is -0.385. The Balaban J connectivity index is 1.88. The first kappa shape index (κ1) is 17.2. The smallest absolute Gasteiger partial charge is 0.276 e. The van der Waals surface area contributed by atoms with Crippen LogP contribution in [0.15, 0.2) is 60.8 Å². The van der Waals surface area contributed by atoms with E-state index in [2.05, 4.69) is 5.10 Å². The van der Waals surface area contributed by atoms with E-state index in [0.717, 1.165) is 0 Å². The van der Waals surface area contributed by atoms with Crippen molar-refractivity contribution >= 4 is 17.5 Å². The third-order valence-electron chi connectivity index (χ3n) is 3.89. The maximum atomic E-state index is 13.0. The van der Waals surface area contributed by atoms with E-state index in [9.17, 15) is 19.3 Å². The van der Waals surface area contributed by atoms with Crippen molar-refractivity contribution in [3.8, 4) is 5.69 Å². The topological polar surface area (TPSA) is 78.0 Å². The van der Waals surface area contributed by atoms with Crippen molar-refractivity contribution in [2.24, 2.45) is 0 Å². The van der Waals surface area contributed by atoms with Crippen molar-refractivity contribution in [3.05, 3.63) is 93.6 Å². The summed E-state index contributed by atoms with van der Waals surface area (Å²) >= 11 is 0. The molecule has 0 radical (unpaired) electrons. The predicted molar refractivity (Wildman–Crippen MR) is 94.7 cm³/mol. The summed E-state index contributed by atoms with van der Waals surface area (Å²) in [5.41, 5.74) is 1.85. The lowest BCUT2D eigenvalue weighted by Gasteiger charge is -2.04. The van der Waals surface area contributed by atoms with E-state index in [0.29, 0.717) is 22.5 Å². The highest BCUT2D eigenvalue weighted by Crippen LogP contribution is 2.20. The molecule has 0 unspecified atom stereocenters. The molecule has 0 aliphatic carbocycles. The highest BCUT2D eigenvalue weighted by molar-refractivity contribution is 6.07. The van der Waals surface area contributed by atoms with Crippen molar-refractivity contribution < 1.29 is 14.1 Å². The molecule has 0 fully saturated rings. The number of benzene rings is 2. The van der Waals surface area contributed by atoms with Crippen LogP contribution in [0, 0.1) is 22.9 Å². The maximum absolute atomic E-state index is 13.0. The number of nitro benzene ring substituents is 1. The molecule has 130 valence electrons. The van der Waals surface area contributed by atoms with E-state index in [1.54, 1.807) is 37.3 Å². The number of aromatic nitrogens is 2. The van der Waals surface area contributed by atoms with Crippen LogP contribution in [0.1, 0.15) is 21.6 Å². The zero-order valence-electron chi connectivity index (χ0n) is 13.8. The Morgan fingerprint density at radius 1 is 1.19 bits per heavy atom. The number of para-hydroxylation sites is 1. The van der Waals surface area contributed by atoms with Gasteiger partial charge in [-0.15, -0.1) is 0 Å². The minimum absolute atomic E-state index is 0.0738. The van der Waals surface area contributed by atoms with Crippen LogP contribution >= 0.6 is 0 Å². The Morgan fingerprint density at radius 3 is 2.58 bits per heavy atom. The fourth-order valence-electron chi connectivity index (χ4n) is 2.54. The largest absolute Gasteiger partial charge is 0.289 e. The van der Waals surface area contributed by atoms with Gasteiger partial charge in [0.2, 0.25) is 0 Å². The number of rotatable bonds is 5. The minimum atomic E-state index is -0.498. The van der Waals surface area contributed by atoms with E-state index in [4.69, 9.17) is 0 Å². The number of hydrogen-bond acceptors (Lipinski definition) is 4. The highest BCUT2D eigenvalue weighted by Gasteiger charge is 2.14. The first-order valence-electron chi connectivity index (χ1n) is 7.74.